The molecule has 1 aromatic rings. The minimum absolute atomic E-state index is 0.00698. The Bertz CT molecular complexity index is 672. The summed E-state index contributed by atoms with van der Waals surface area (Å²) in [7, 11) is -3.65. The molecule has 0 aliphatic heterocycles. The van der Waals surface area contributed by atoms with Crippen molar-refractivity contribution in [1.29, 1.82) is 0 Å². The molecule has 0 radical (unpaired) electrons. The fourth-order valence-corrected chi connectivity index (χ4v) is 3.10. The molecule has 1 rings (SSSR count). The second-order valence-corrected chi connectivity index (χ2v) is 6.88. The molecule has 1 aromatic carbocycles. The smallest absolute Gasteiger partial charge is 0.308 e. The van der Waals surface area contributed by atoms with E-state index in [1.807, 2.05) is 0 Å². The lowest BCUT2D eigenvalue weighted by molar-refractivity contribution is -0.141. The number of rotatable bonds is 8. The molecule has 0 heterocycles. The predicted octanol–water partition coefficient (Wildman–Crippen LogP) is 1.17. The first-order valence-electron chi connectivity index (χ1n) is 7.34. The highest BCUT2D eigenvalue weighted by molar-refractivity contribution is 7.89. The number of amides is 1. The van der Waals surface area contributed by atoms with Gasteiger partial charge >= 0.3 is 5.97 Å². The van der Waals surface area contributed by atoms with Crippen LogP contribution in [0.2, 0.25) is 0 Å². The highest BCUT2D eigenvalue weighted by Gasteiger charge is 2.22. The van der Waals surface area contributed by atoms with Gasteiger partial charge in [0.25, 0.3) is 5.91 Å². The molecule has 1 amide bonds. The lowest BCUT2D eigenvalue weighted by atomic mass is 10.1. The van der Waals surface area contributed by atoms with Crippen LogP contribution in [0.15, 0.2) is 29.2 Å². The number of nitrogens with zero attached hydrogens (tertiary/aromatic N) is 1. The Morgan fingerprint density at radius 2 is 1.96 bits per heavy atom. The van der Waals surface area contributed by atoms with E-state index in [-0.39, 0.29) is 23.5 Å². The predicted molar refractivity (Wildman–Crippen MR) is 85.7 cm³/mol. The van der Waals surface area contributed by atoms with Crippen molar-refractivity contribution in [3.8, 4) is 0 Å². The SMILES string of the molecule is CCNS(=O)(=O)c1cccc(C(=O)N(CC)CC(C)C(=O)O)c1. The molecule has 0 spiro atoms. The molecule has 2 N–H and O–H groups in total. The Morgan fingerprint density at radius 1 is 1.30 bits per heavy atom. The van der Waals surface area contributed by atoms with Crippen LogP contribution in [-0.4, -0.2) is 49.9 Å². The largest absolute Gasteiger partial charge is 0.481 e. The highest BCUT2D eigenvalue weighted by atomic mass is 32.2. The summed E-state index contributed by atoms with van der Waals surface area (Å²) in [5.41, 5.74) is 0.211. The van der Waals surface area contributed by atoms with Gasteiger partial charge in [-0.05, 0) is 25.1 Å². The number of hydrogen-bond acceptors (Lipinski definition) is 4. The van der Waals surface area contributed by atoms with Gasteiger partial charge in [0.1, 0.15) is 0 Å². The van der Waals surface area contributed by atoms with Gasteiger partial charge in [0.05, 0.1) is 10.8 Å². The third-order valence-electron chi connectivity index (χ3n) is 3.31. The summed E-state index contributed by atoms with van der Waals surface area (Å²) in [4.78, 5) is 24.8. The van der Waals surface area contributed by atoms with E-state index in [0.29, 0.717) is 6.54 Å². The Balaban J connectivity index is 3.06. The highest BCUT2D eigenvalue weighted by Crippen LogP contribution is 2.14. The van der Waals surface area contributed by atoms with Crippen molar-refractivity contribution in [2.75, 3.05) is 19.6 Å². The van der Waals surface area contributed by atoms with Gasteiger partial charge < -0.3 is 10.0 Å². The summed E-state index contributed by atoms with van der Waals surface area (Å²) >= 11 is 0. The van der Waals surface area contributed by atoms with Crippen molar-refractivity contribution in [3.05, 3.63) is 29.8 Å². The maximum Gasteiger partial charge on any atom is 0.308 e. The first-order chi connectivity index (χ1) is 10.7. The van der Waals surface area contributed by atoms with E-state index in [9.17, 15) is 18.0 Å². The van der Waals surface area contributed by atoms with Gasteiger partial charge in [0, 0.05) is 25.2 Å². The molecule has 0 aliphatic rings. The fourth-order valence-electron chi connectivity index (χ4n) is 2.02. The number of carbonyl (C=O) groups excluding carboxylic acids is 1. The summed E-state index contributed by atoms with van der Waals surface area (Å²) in [6.07, 6.45) is 0. The molecule has 1 unspecified atom stereocenters. The summed E-state index contributed by atoms with van der Waals surface area (Å²) in [5.74, 6) is -2.08. The van der Waals surface area contributed by atoms with Gasteiger partial charge in [-0.2, -0.15) is 0 Å². The molecular weight excluding hydrogens is 320 g/mol. The van der Waals surface area contributed by atoms with Crippen molar-refractivity contribution >= 4 is 21.9 Å². The molecule has 0 fully saturated rings. The third-order valence-corrected chi connectivity index (χ3v) is 4.85. The summed E-state index contributed by atoms with van der Waals surface area (Å²) in [6, 6.07) is 5.71. The van der Waals surface area contributed by atoms with Crippen LogP contribution in [0.4, 0.5) is 0 Å². The normalized spacial score (nSPS) is 12.7. The van der Waals surface area contributed by atoms with Crippen molar-refractivity contribution < 1.29 is 23.1 Å². The number of nitrogens with one attached hydrogen (secondary N) is 1. The summed E-state index contributed by atoms with van der Waals surface area (Å²) in [6.45, 7) is 5.57. The molecule has 0 saturated carbocycles. The summed E-state index contributed by atoms with van der Waals surface area (Å²) in [5, 5.41) is 8.96. The number of carboxylic acids is 1. The van der Waals surface area contributed by atoms with Crippen LogP contribution < -0.4 is 4.72 Å². The van der Waals surface area contributed by atoms with Crippen LogP contribution >= 0.6 is 0 Å². The number of aliphatic carboxylic acids is 1. The fraction of sp³-hybridized carbons (Fsp3) is 0.467. The third kappa shape index (κ3) is 5.04. The molecule has 128 valence electrons. The van der Waals surface area contributed by atoms with Gasteiger partial charge in [-0.15, -0.1) is 0 Å². The monoisotopic (exact) mass is 342 g/mol. The Hall–Kier alpha value is -1.93. The average molecular weight is 342 g/mol. The molecule has 0 aromatic heterocycles. The number of benzene rings is 1. The number of carbonyl (C=O) groups is 2. The lowest BCUT2D eigenvalue weighted by Crippen LogP contribution is -2.36. The molecule has 0 aliphatic carbocycles. The second-order valence-electron chi connectivity index (χ2n) is 5.11. The molecule has 0 bridgehead atoms. The van der Waals surface area contributed by atoms with Gasteiger partial charge in [-0.1, -0.05) is 19.9 Å². The molecule has 1 atom stereocenters. The first kappa shape index (κ1) is 19.1. The number of carboxylic acid groups (broad SMARTS) is 1. The number of hydrogen-bond donors (Lipinski definition) is 2. The van der Waals surface area contributed by atoms with Crippen LogP contribution in [0.25, 0.3) is 0 Å². The molecule has 23 heavy (non-hydrogen) atoms. The van der Waals surface area contributed by atoms with Crippen molar-refractivity contribution in [1.82, 2.24) is 9.62 Å². The van der Waals surface area contributed by atoms with E-state index in [2.05, 4.69) is 4.72 Å². The van der Waals surface area contributed by atoms with Gasteiger partial charge in [-0.3, -0.25) is 9.59 Å². The maximum atomic E-state index is 12.5. The average Bonchev–Trinajstić information content (AvgIpc) is 2.51. The van der Waals surface area contributed by atoms with Crippen molar-refractivity contribution in [2.24, 2.45) is 5.92 Å². The van der Waals surface area contributed by atoms with Crippen LogP contribution in [0.1, 0.15) is 31.1 Å². The topological polar surface area (TPSA) is 104 Å². The van der Waals surface area contributed by atoms with E-state index < -0.39 is 27.8 Å². The van der Waals surface area contributed by atoms with Crippen molar-refractivity contribution in [2.45, 2.75) is 25.7 Å². The molecule has 8 heteroatoms. The zero-order chi connectivity index (χ0) is 17.6. The van der Waals surface area contributed by atoms with E-state index in [0.717, 1.165) is 0 Å². The summed E-state index contributed by atoms with van der Waals surface area (Å²) < 4.78 is 26.4. The van der Waals surface area contributed by atoms with Gasteiger partial charge in [-0.25, -0.2) is 13.1 Å². The Morgan fingerprint density at radius 3 is 2.48 bits per heavy atom. The minimum atomic E-state index is -3.65. The zero-order valence-electron chi connectivity index (χ0n) is 13.4. The second kappa shape index (κ2) is 8.07. The van der Waals surface area contributed by atoms with E-state index in [1.54, 1.807) is 13.8 Å². The van der Waals surface area contributed by atoms with Crippen LogP contribution in [-0.2, 0) is 14.8 Å². The van der Waals surface area contributed by atoms with Gasteiger partial charge in [0.2, 0.25) is 10.0 Å². The standard InChI is InChI=1S/C15H22N2O5S/c1-4-16-23(21,22)13-8-6-7-12(9-13)14(18)17(5-2)10-11(3)15(19)20/h6-9,11,16H,4-5,10H2,1-3H3,(H,19,20). The minimum Gasteiger partial charge on any atom is -0.481 e. The number of sulfonamides is 1. The quantitative estimate of drug-likeness (QED) is 0.738. The first-order valence-corrected chi connectivity index (χ1v) is 8.83. The molecular formula is C15H22N2O5S. The van der Waals surface area contributed by atoms with Crippen LogP contribution in [0, 0.1) is 5.92 Å². The molecule has 0 saturated heterocycles. The van der Waals surface area contributed by atoms with E-state index in [1.165, 1.54) is 36.1 Å². The van der Waals surface area contributed by atoms with Crippen molar-refractivity contribution in [3.63, 3.8) is 0 Å². The van der Waals surface area contributed by atoms with Crippen LogP contribution in [0.5, 0.6) is 0 Å². The Labute approximate surface area is 136 Å². The van der Waals surface area contributed by atoms with Crippen LogP contribution in [0.3, 0.4) is 0 Å². The molecule has 7 nitrogen and oxygen atoms in total. The Kier molecular flexibility index (Phi) is 6.71. The van der Waals surface area contributed by atoms with Gasteiger partial charge in [0.15, 0.2) is 0 Å². The van der Waals surface area contributed by atoms with E-state index >= 15 is 0 Å². The maximum absolute atomic E-state index is 12.5. The zero-order valence-corrected chi connectivity index (χ0v) is 14.3. The lowest BCUT2D eigenvalue weighted by Gasteiger charge is -2.23. The van der Waals surface area contributed by atoms with E-state index in [4.69, 9.17) is 5.11 Å².